The maximum atomic E-state index is 11.8. The lowest BCUT2D eigenvalue weighted by molar-refractivity contribution is -0.152. The van der Waals surface area contributed by atoms with Crippen molar-refractivity contribution in [3.63, 3.8) is 0 Å². The predicted molar refractivity (Wildman–Crippen MR) is 141 cm³/mol. The quantitative estimate of drug-likeness (QED) is 0.0992. The molecule has 0 saturated carbocycles. The highest BCUT2D eigenvalue weighted by molar-refractivity contribution is 5.69. The van der Waals surface area contributed by atoms with E-state index in [0.717, 1.165) is 32.1 Å². The molecule has 0 bridgehead atoms. The second-order valence-corrected chi connectivity index (χ2v) is 9.88. The van der Waals surface area contributed by atoms with Crippen LogP contribution in [0.4, 0.5) is 0 Å². The molecule has 1 atom stereocenters. The van der Waals surface area contributed by atoms with E-state index in [2.05, 4.69) is 13.8 Å². The highest BCUT2D eigenvalue weighted by Gasteiger charge is 2.12. The van der Waals surface area contributed by atoms with E-state index in [0.29, 0.717) is 12.8 Å². The van der Waals surface area contributed by atoms with Gasteiger partial charge in [-0.15, -0.1) is 0 Å². The van der Waals surface area contributed by atoms with Gasteiger partial charge in [-0.1, -0.05) is 129 Å². The minimum absolute atomic E-state index is 0.110. The molecule has 202 valence electrons. The maximum absolute atomic E-state index is 11.8. The zero-order chi connectivity index (χ0) is 25.1. The van der Waals surface area contributed by atoms with E-state index in [1.807, 2.05) is 0 Å². The van der Waals surface area contributed by atoms with E-state index in [4.69, 9.17) is 9.47 Å². The van der Waals surface area contributed by atoms with Crippen molar-refractivity contribution in [1.29, 1.82) is 0 Å². The molecule has 0 aromatic heterocycles. The summed E-state index contributed by atoms with van der Waals surface area (Å²) in [6.07, 6.45) is 24.6. The normalized spacial score (nSPS) is 12.0. The van der Waals surface area contributed by atoms with Gasteiger partial charge in [0, 0.05) is 12.8 Å². The first-order chi connectivity index (χ1) is 16.6. The minimum Gasteiger partial charge on any atom is -0.463 e. The third kappa shape index (κ3) is 25.5. The Morgan fingerprint density at radius 3 is 1.06 bits per heavy atom. The van der Waals surface area contributed by atoms with Gasteiger partial charge in [-0.05, 0) is 12.8 Å². The van der Waals surface area contributed by atoms with E-state index >= 15 is 0 Å². The van der Waals surface area contributed by atoms with E-state index in [1.165, 1.54) is 96.3 Å². The molecule has 0 amide bonds. The highest BCUT2D eigenvalue weighted by atomic mass is 16.6. The molecule has 1 N–H and O–H groups in total. The Labute approximate surface area is 210 Å². The third-order valence-electron chi connectivity index (χ3n) is 6.34. The van der Waals surface area contributed by atoms with Crippen LogP contribution in [0.15, 0.2) is 0 Å². The van der Waals surface area contributed by atoms with Gasteiger partial charge in [0.25, 0.3) is 0 Å². The van der Waals surface area contributed by atoms with Crippen molar-refractivity contribution in [2.75, 3.05) is 13.2 Å². The molecular weight excluding hydrogens is 428 g/mol. The van der Waals surface area contributed by atoms with Crippen LogP contribution in [0.25, 0.3) is 0 Å². The van der Waals surface area contributed by atoms with Crippen LogP contribution < -0.4 is 0 Å². The zero-order valence-electron chi connectivity index (χ0n) is 22.6. The Hall–Kier alpha value is -1.10. The lowest BCUT2D eigenvalue weighted by Gasteiger charge is -2.12. The smallest absolute Gasteiger partial charge is 0.305 e. The average molecular weight is 485 g/mol. The number of hydrogen-bond donors (Lipinski definition) is 1. The molecule has 5 heteroatoms. The molecule has 0 radical (unpaired) electrons. The van der Waals surface area contributed by atoms with Crippen molar-refractivity contribution < 1.29 is 24.2 Å². The number of rotatable bonds is 26. The number of ether oxygens (including phenoxy) is 2. The molecule has 0 aromatic carbocycles. The first kappa shape index (κ1) is 32.9. The topological polar surface area (TPSA) is 72.8 Å². The number of aliphatic hydroxyl groups excluding tert-OH is 1. The molecule has 0 heterocycles. The lowest BCUT2D eigenvalue weighted by Crippen LogP contribution is -2.25. The number of carbonyl (C=O) groups is 2. The first-order valence-corrected chi connectivity index (χ1v) is 14.6. The largest absolute Gasteiger partial charge is 0.463 e. The highest BCUT2D eigenvalue weighted by Crippen LogP contribution is 2.14. The van der Waals surface area contributed by atoms with Crippen LogP contribution in [0.5, 0.6) is 0 Å². The molecule has 0 aliphatic heterocycles. The van der Waals surface area contributed by atoms with E-state index in [9.17, 15) is 14.7 Å². The standard InChI is InChI=1S/C29H56O5/c1-3-5-7-9-10-11-12-13-14-15-16-17-18-20-22-24-29(32)34-26-27(30)25-33-28(31)23-21-19-8-6-4-2/h27,30H,3-26H2,1-2H3/t27-/m0/s1. The molecule has 0 saturated heterocycles. The van der Waals surface area contributed by atoms with E-state index in [1.54, 1.807) is 0 Å². The van der Waals surface area contributed by atoms with Gasteiger partial charge in [-0.3, -0.25) is 9.59 Å². The van der Waals surface area contributed by atoms with Crippen molar-refractivity contribution in [2.24, 2.45) is 0 Å². The summed E-state index contributed by atoms with van der Waals surface area (Å²) < 4.78 is 10.2. The molecule has 0 unspecified atom stereocenters. The Balaban J connectivity index is 3.37. The molecule has 0 fully saturated rings. The molecule has 5 nitrogen and oxygen atoms in total. The second kappa shape index (κ2) is 26.5. The van der Waals surface area contributed by atoms with Crippen molar-refractivity contribution in [2.45, 2.75) is 161 Å². The molecule has 0 aliphatic rings. The summed E-state index contributed by atoms with van der Waals surface area (Å²) in [6, 6.07) is 0. The molecule has 0 aliphatic carbocycles. The second-order valence-electron chi connectivity index (χ2n) is 9.88. The van der Waals surface area contributed by atoms with Gasteiger partial charge < -0.3 is 14.6 Å². The number of carbonyl (C=O) groups excluding carboxylic acids is 2. The summed E-state index contributed by atoms with van der Waals surface area (Å²) in [6.45, 7) is 4.20. The Morgan fingerprint density at radius 2 is 0.765 bits per heavy atom. The number of unbranched alkanes of at least 4 members (excludes halogenated alkanes) is 18. The minimum atomic E-state index is -0.950. The number of hydrogen-bond acceptors (Lipinski definition) is 5. The van der Waals surface area contributed by atoms with Gasteiger partial charge in [0.15, 0.2) is 0 Å². The SMILES string of the molecule is CCCCCCCCCCCCCCCCCC(=O)OC[C@@H](O)COC(=O)CCCCCCC. The number of aliphatic hydroxyl groups is 1. The predicted octanol–water partition coefficient (Wildman–Crippen LogP) is 8.06. The summed E-state index contributed by atoms with van der Waals surface area (Å²) >= 11 is 0. The zero-order valence-corrected chi connectivity index (χ0v) is 22.6. The van der Waals surface area contributed by atoms with Crippen molar-refractivity contribution in [3.05, 3.63) is 0 Å². The third-order valence-corrected chi connectivity index (χ3v) is 6.34. The van der Waals surface area contributed by atoms with Crippen molar-refractivity contribution in [1.82, 2.24) is 0 Å². The van der Waals surface area contributed by atoms with E-state index < -0.39 is 6.10 Å². The van der Waals surface area contributed by atoms with Crippen LogP contribution in [-0.4, -0.2) is 36.4 Å². The Kier molecular flexibility index (Phi) is 25.6. The van der Waals surface area contributed by atoms with Crippen LogP contribution in [-0.2, 0) is 19.1 Å². The van der Waals surface area contributed by atoms with Crippen LogP contribution in [0.3, 0.4) is 0 Å². The Morgan fingerprint density at radius 1 is 0.500 bits per heavy atom. The Bertz CT molecular complexity index is 452. The molecule has 0 aromatic rings. The van der Waals surface area contributed by atoms with E-state index in [-0.39, 0.29) is 25.2 Å². The van der Waals surface area contributed by atoms with Crippen LogP contribution in [0, 0.1) is 0 Å². The molecule has 0 spiro atoms. The van der Waals surface area contributed by atoms with Gasteiger partial charge in [0.05, 0.1) is 0 Å². The fraction of sp³-hybridized carbons (Fsp3) is 0.931. The fourth-order valence-corrected chi connectivity index (χ4v) is 4.08. The summed E-state index contributed by atoms with van der Waals surface area (Å²) in [4.78, 5) is 23.5. The average Bonchev–Trinajstić information content (AvgIpc) is 2.83. The van der Waals surface area contributed by atoms with Gasteiger partial charge >= 0.3 is 11.9 Å². The first-order valence-electron chi connectivity index (χ1n) is 14.6. The molecule has 34 heavy (non-hydrogen) atoms. The van der Waals surface area contributed by atoms with Gasteiger partial charge in [0.2, 0.25) is 0 Å². The fourth-order valence-electron chi connectivity index (χ4n) is 4.08. The monoisotopic (exact) mass is 484 g/mol. The van der Waals surface area contributed by atoms with Crippen LogP contribution in [0.1, 0.15) is 155 Å². The number of esters is 2. The van der Waals surface area contributed by atoms with Gasteiger partial charge in [0.1, 0.15) is 19.3 Å². The lowest BCUT2D eigenvalue weighted by atomic mass is 10.0. The summed E-state index contributed by atoms with van der Waals surface area (Å²) in [5.74, 6) is -0.573. The van der Waals surface area contributed by atoms with Crippen molar-refractivity contribution >= 4 is 11.9 Å². The maximum Gasteiger partial charge on any atom is 0.305 e. The van der Waals surface area contributed by atoms with Crippen molar-refractivity contribution in [3.8, 4) is 0 Å². The molecule has 0 rings (SSSR count). The summed E-state index contributed by atoms with van der Waals surface area (Å²) in [7, 11) is 0. The molecular formula is C29H56O5. The summed E-state index contributed by atoms with van der Waals surface area (Å²) in [5, 5.41) is 9.84. The van der Waals surface area contributed by atoms with Gasteiger partial charge in [-0.25, -0.2) is 0 Å². The van der Waals surface area contributed by atoms with Crippen LogP contribution in [0.2, 0.25) is 0 Å². The van der Waals surface area contributed by atoms with Crippen LogP contribution >= 0.6 is 0 Å². The van der Waals surface area contributed by atoms with Gasteiger partial charge in [-0.2, -0.15) is 0 Å². The summed E-state index contributed by atoms with van der Waals surface area (Å²) in [5.41, 5.74) is 0.